The van der Waals surface area contributed by atoms with E-state index in [0.29, 0.717) is 12.1 Å². The zero-order valence-electron chi connectivity index (χ0n) is 12.9. The molecule has 21 heavy (non-hydrogen) atoms. The Morgan fingerprint density at radius 3 is 2.76 bits per heavy atom. The maximum Gasteiger partial charge on any atom is 0.185 e. The predicted octanol–water partition coefficient (Wildman–Crippen LogP) is 2.46. The van der Waals surface area contributed by atoms with E-state index in [1.165, 1.54) is 0 Å². The minimum absolute atomic E-state index is 0.0896. The first-order valence-corrected chi connectivity index (χ1v) is 7.07. The van der Waals surface area contributed by atoms with Crippen LogP contribution in [0.5, 0.6) is 0 Å². The van der Waals surface area contributed by atoms with Gasteiger partial charge in [0.2, 0.25) is 0 Å². The van der Waals surface area contributed by atoms with Crippen LogP contribution in [0.3, 0.4) is 0 Å². The number of nitriles is 1. The van der Waals surface area contributed by atoms with Gasteiger partial charge in [-0.05, 0) is 11.8 Å². The van der Waals surface area contributed by atoms with Gasteiger partial charge in [0, 0.05) is 6.42 Å². The molecule has 0 aliphatic heterocycles. The van der Waals surface area contributed by atoms with Gasteiger partial charge >= 0.3 is 0 Å². The molecule has 0 bridgehead atoms. The lowest BCUT2D eigenvalue weighted by molar-refractivity contribution is -0.130. The van der Waals surface area contributed by atoms with Gasteiger partial charge in [0.25, 0.3) is 0 Å². The van der Waals surface area contributed by atoms with Gasteiger partial charge in [0.15, 0.2) is 11.6 Å². The van der Waals surface area contributed by atoms with Crippen molar-refractivity contribution in [3.63, 3.8) is 0 Å². The van der Waals surface area contributed by atoms with E-state index < -0.39 is 17.1 Å². The number of allylic oxidation sites excluding steroid dienone is 2. The summed E-state index contributed by atoms with van der Waals surface area (Å²) < 4.78 is 0. The molecule has 1 fully saturated rings. The maximum atomic E-state index is 12.5. The van der Waals surface area contributed by atoms with Gasteiger partial charge in [0.05, 0.1) is 23.9 Å². The van der Waals surface area contributed by atoms with Crippen LogP contribution in [0.4, 0.5) is 0 Å². The minimum atomic E-state index is -0.807. The molecule has 5 heteroatoms. The number of carbonyl (C=O) groups excluding carboxylic acids is 2. The number of carbonyl (C=O) groups is 2. The van der Waals surface area contributed by atoms with Crippen LogP contribution < -0.4 is 5.48 Å². The topological polar surface area (TPSA) is 79.2 Å². The van der Waals surface area contributed by atoms with Crippen molar-refractivity contribution in [2.75, 3.05) is 6.61 Å². The van der Waals surface area contributed by atoms with Crippen molar-refractivity contribution in [3.05, 3.63) is 23.9 Å². The van der Waals surface area contributed by atoms with E-state index in [-0.39, 0.29) is 24.4 Å². The predicted molar refractivity (Wildman–Crippen MR) is 78.7 cm³/mol. The van der Waals surface area contributed by atoms with Gasteiger partial charge in [-0.2, -0.15) is 5.26 Å². The standard InChI is InChI=1S/C16H22N2O3/c1-5-7-12(18-21-8-6-2)14-13(19)9-16(3,4)11(10-17)15(14)20/h6,11,18H,2,5,7-9H2,1,3-4H3. The molecule has 1 saturated carbocycles. The van der Waals surface area contributed by atoms with E-state index in [9.17, 15) is 14.9 Å². The Morgan fingerprint density at radius 2 is 2.24 bits per heavy atom. The van der Waals surface area contributed by atoms with Crippen molar-refractivity contribution in [2.24, 2.45) is 11.3 Å². The molecule has 1 unspecified atom stereocenters. The van der Waals surface area contributed by atoms with Crippen LogP contribution in [0.2, 0.25) is 0 Å². The molecule has 0 saturated heterocycles. The third-order valence-electron chi connectivity index (χ3n) is 3.51. The molecule has 114 valence electrons. The molecule has 1 N–H and O–H groups in total. The second kappa shape index (κ2) is 7.19. The maximum absolute atomic E-state index is 12.5. The van der Waals surface area contributed by atoms with Crippen LogP contribution in [0.1, 0.15) is 40.0 Å². The zero-order chi connectivity index (χ0) is 16.0. The summed E-state index contributed by atoms with van der Waals surface area (Å²) in [6.07, 6.45) is 3.02. The normalized spacial score (nSPS) is 23.4. The Hall–Kier alpha value is -1.93. The van der Waals surface area contributed by atoms with Gasteiger partial charge in [-0.15, -0.1) is 6.58 Å². The van der Waals surface area contributed by atoms with Crippen molar-refractivity contribution in [1.29, 1.82) is 5.26 Å². The number of hydrogen-bond donors (Lipinski definition) is 1. The lowest BCUT2D eigenvalue weighted by atomic mass is 9.66. The zero-order valence-corrected chi connectivity index (χ0v) is 12.9. The fraction of sp³-hybridized carbons (Fsp3) is 0.562. The molecule has 0 radical (unpaired) electrons. The van der Waals surface area contributed by atoms with E-state index in [1.807, 2.05) is 13.0 Å². The quantitative estimate of drug-likeness (QED) is 0.267. The Morgan fingerprint density at radius 1 is 1.57 bits per heavy atom. The van der Waals surface area contributed by atoms with Crippen molar-refractivity contribution in [2.45, 2.75) is 40.0 Å². The van der Waals surface area contributed by atoms with Crippen LogP contribution in [-0.4, -0.2) is 18.2 Å². The molecule has 0 amide bonds. The molecule has 1 rings (SSSR count). The number of hydrogen-bond acceptors (Lipinski definition) is 5. The van der Waals surface area contributed by atoms with E-state index in [1.54, 1.807) is 19.9 Å². The lowest BCUT2D eigenvalue weighted by Gasteiger charge is -2.34. The summed E-state index contributed by atoms with van der Waals surface area (Å²) in [4.78, 5) is 30.0. The number of ketones is 2. The van der Waals surface area contributed by atoms with Gasteiger partial charge in [-0.25, -0.2) is 0 Å². The first-order chi connectivity index (χ1) is 9.88. The van der Waals surface area contributed by atoms with E-state index >= 15 is 0 Å². The summed E-state index contributed by atoms with van der Waals surface area (Å²) >= 11 is 0. The van der Waals surface area contributed by atoms with E-state index in [2.05, 4.69) is 12.1 Å². The Labute approximate surface area is 125 Å². The number of rotatable bonds is 6. The third kappa shape index (κ3) is 3.79. The number of nitrogens with zero attached hydrogens (tertiary/aromatic N) is 1. The van der Waals surface area contributed by atoms with Crippen LogP contribution in [0.25, 0.3) is 0 Å². The summed E-state index contributed by atoms with van der Waals surface area (Å²) in [6, 6.07) is 2.04. The van der Waals surface area contributed by atoms with Gasteiger partial charge in [-0.3, -0.25) is 19.9 Å². The third-order valence-corrected chi connectivity index (χ3v) is 3.51. The Balaban J connectivity index is 3.18. The molecule has 0 aromatic heterocycles. The minimum Gasteiger partial charge on any atom is -0.294 e. The van der Waals surface area contributed by atoms with Gasteiger partial charge < -0.3 is 0 Å². The highest BCUT2D eigenvalue weighted by Gasteiger charge is 2.46. The Kier molecular flexibility index (Phi) is 5.86. The summed E-state index contributed by atoms with van der Waals surface area (Å²) in [7, 11) is 0. The average molecular weight is 290 g/mol. The summed E-state index contributed by atoms with van der Waals surface area (Å²) in [5.74, 6) is -1.44. The van der Waals surface area contributed by atoms with Crippen molar-refractivity contribution >= 4 is 11.6 Å². The molecule has 1 atom stereocenters. The van der Waals surface area contributed by atoms with Crippen LogP contribution in [0, 0.1) is 22.7 Å². The SMILES string of the molecule is C=CCONC(CCC)=C1C(=O)CC(C)(C)C(C#N)C1=O. The molecular weight excluding hydrogens is 268 g/mol. The molecule has 0 spiro atoms. The monoisotopic (exact) mass is 290 g/mol. The average Bonchev–Trinajstić information content (AvgIpc) is 2.37. The number of nitrogens with one attached hydrogen (secondary N) is 1. The summed E-state index contributed by atoms with van der Waals surface area (Å²) in [5, 5.41) is 9.26. The van der Waals surface area contributed by atoms with Crippen LogP contribution in [0.15, 0.2) is 23.9 Å². The second-order valence-electron chi connectivity index (χ2n) is 5.82. The van der Waals surface area contributed by atoms with Crippen molar-refractivity contribution in [1.82, 2.24) is 5.48 Å². The number of Topliss-reactive ketones (excluding diaryl/α,β-unsaturated/α-hetero) is 2. The fourth-order valence-electron chi connectivity index (χ4n) is 2.46. The fourth-order valence-corrected chi connectivity index (χ4v) is 2.46. The molecule has 5 nitrogen and oxygen atoms in total. The van der Waals surface area contributed by atoms with Crippen LogP contribution >= 0.6 is 0 Å². The molecule has 0 aromatic rings. The van der Waals surface area contributed by atoms with E-state index in [0.717, 1.165) is 6.42 Å². The molecule has 0 aromatic carbocycles. The number of hydroxylamine groups is 1. The second-order valence-corrected chi connectivity index (χ2v) is 5.82. The van der Waals surface area contributed by atoms with Gasteiger partial charge in [-0.1, -0.05) is 33.3 Å². The molecular formula is C16H22N2O3. The van der Waals surface area contributed by atoms with Crippen LogP contribution in [-0.2, 0) is 14.4 Å². The van der Waals surface area contributed by atoms with Crippen molar-refractivity contribution in [3.8, 4) is 6.07 Å². The first-order valence-electron chi connectivity index (χ1n) is 7.07. The van der Waals surface area contributed by atoms with E-state index in [4.69, 9.17) is 4.84 Å². The molecule has 1 aliphatic rings. The molecule has 0 heterocycles. The summed E-state index contributed by atoms with van der Waals surface area (Å²) in [5.41, 5.74) is 2.60. The lowest BCUT2D eigenvalue weighted by Crippen LogP contribution is -2.42. The first kappa shape index (κ1) is 17.1. The smallest absolute Gasteiger partial charge is 0.185 e. The highest BCUT2D eigenvalue weighted by atomic mass is 16.6. The largest absolute Gasteiger partial charge is 0.294 e. The highest BCUT2D eigenvalue weighted by molar-refractivity contribution is 6.24. The van der Waals surface area contributed by atoms with Gasteiger partial charge in [0.1, 0.15) is 5.92 Å². The Bertz CT molecular complexity index is 512. The summed E-state index contributed by atoms with van der Waals surface area (Å²) in [6.45, 7) is 9.28. The van der Waals surface area contributed by atoms with Crippen molar-refractivity contribution < 1.29 is 14.4 Å². The molecule has 1 aliphatic carbocycles. The highest BCUT2D eigenvalue weighted by Crippen LogP contribution is 2.39.